The lowest BCUT2D eigenvalue weighted by Gasteiger charge is -2.20. The van der Waals surface area contributed by atoms with Crippen molar-refractivity contribution in [3.63, 3.8) is 0 Å². The van der Waals surface area contributed by atoms with Crippen molar-refractivity contribution in [3.05, 3.63) is 16.1 Å². The van der Waals surface area contributed by atoms with Crippen molar-refractivity contribution in [2.24, 2.45) is 0 Å². The number of hydrogen-bond acceptors (Lipinski definition) is 4. The van der Waals surface area contributed by atoms with Crippen molar-refractivity contribution in [2.75, 3.05) is 7.05 Å². The van der Waals surface area contributed by atoms with Crippen LogP contribution in [0, 0.1) is 0 Å². The highest BCUT2D eigenvalue weighted by Crippen LogP contribution is 2.20. The third-order valence-electron chi connectivity index (χ3n) is 2.49. The molecular weight excluding hydrogens is 240 g/mol. The number of amides is 1. The van der Waals surface area contributed by atoms with E-state index in [1.54, 1.807) is 5.38 Å². The van der Waals surface area contributed by atoms with Crippen LogP contribution in [0.2, 0.25) is 0 Å². The second-order valence-corrected chi connectivity index (χ2v) is 5.05. The Labute approximate surface area is 104 Å². The van der Waals surface area contributed by atoms with Crippen molar-refractivity contribution in [2.45, 2.75) is 32.7 Å². The molecule has 1 heterocycles. The van der Waals surface area contributed by atoms with Gasteiger partial charge in [-0.2, -0.15) is 0 Å². The Bertz CT molecular complexity index is 428. The van der Waals surface area contributed by atoms with Crippen molar-refractivity contribution in [1.82, 2.24) is 9.88 Å². The fourth-order valence-corrected chi connectivity index (χ4v) is 1.98. The molecule has 0 aliphatic heterocycles. The Morgan fingerprint density at radius 1 is 1.41 bits per heavy atom. The van der Waals surface area contributed by atoms with E-state index in [0.29, 0.717) is 5.69 Å². The van der Waals surface area contributed by atoms with Crippen LogP contribution in [0.25, 0.3) is 0 Å². The molecule has 1 unspecified atom stereocenters. The molecule has 0 aromatic carbocycles. The molecule has 94 valence electrons. The van der Waals surface area contributed by atoms with E-state index in [4.69, 9.17) is 5.11 Å². The van der Waals surface area contributed by atoms with Crippen LogP contribution in [-0.2, 0) is 4.79 Å². The first-order valence-corrected chi connectivity index (χ1v) is 6.18. The fourth-order valence-electron chi connectivity index (χ4n) is 1.17. The quantitative estimate of drug-likeness (QED) is 0.892. The molecule has 0 aliphatic rings. The molecule has 0 radical (unpaired) electrons. The molecule has 0 saturated carbocycles. The molecule has 0 bridgehead atoms. The number of carbonyl (C=O) groups excluding carboxylic acids is 1. The van der Waals surface area contributed by atoms with E-state index in [1.807, 2.05) is 13.8 Å². The fraction of sp³-hybridized carbons (Fsp3) is 0.545. The van der Waals surface area contributed by atoms with Crippen LogP contribution >= 0.6 is 11.3 Å². The molecule has 1 aromatic rings. The first-order valence-electron chi connectivity index (χ1n) is 5.30. The summed E-state index contributed by atoms with van der Waals surface area (Å²) < 4.78 is 0. The summed E-state index contributed by atoms with van der Waals surface area (Å²) in [6.45, 7) is 5.46. The van der Waals surface area contributed by atoms with Gasteiger partial charge in [0.25, 0.3) is 5.91 Å². The number of aliphatic carboxylic acids is 1. The highest BCUT2D eigenvalue weighted by molar-refractivity contribution is 7.09. The molecule has 6 heteroatoms. The van der Waals surface area contributed by atoms with Gasteiger partial charge in [0.1, 0.15) is 11.7 Å². The minimum atomic E-state index is -1.03. The van der Waals surface area contributed by atoms with E-state index in [-0.39, 0.29) is 11.8 Å². The first kappa shape index (κ1) is 13.6. The second-order valence-electron chi connectivity index (χ2n) is 4.16. The maximum Gasteiger partial charge on any atom is 0.326 e. The topological polar surface area (TPSA) is 70.5 Å². The molecule has 1 amide bonds. The summed E-state index contributed by atoms with van der Waals surface area (Å²) in [6, 6.07) is -0.855. The van der Waals surface area contributed by atoms with Gasteiger partial charge in [-0.15, -0.1) is 11.3 Å². The van der Waals surface area contributed by atoms with Crippen LogP contribution in [0.15, 0.2) is 5.38 Å². The summed E-state index contributed by atoms with van der Waals surface area (Å²) in [7, 11) is 1.47. The van der Waals surface area contributed by atoms with Gasteiger partial charge < -0.3 is 10.0 Å². The van der Waals surface area contributed by atoms with Gasteiger partial charge in [0.05, 0.1) is 5.01 Å². The predicted molar refractivity (Wildman–Crippen MR) is 65.4 cm³/mol. The zero-order valence-electron chi connectivity index (χ0n) is 10.3. The number of likely N-dealkylation sites (N-methyl/N-ethyl adjacent to an activating group) is 1. The summed E-state index contributed by atoms with van der Waals surface area (Å²) in [5.41, 5.74) is 0.314. The Hall–Kier alpha value is -1.43. The normalized spacial score (nSPS) is 12.5. The third kappa shape index (κ3) is 3.03. The van der Waals surface area contributed by atoms with Crippen LogP contribution in [0.5, 0.6) is 0 Å². The zero-order chi connectivity index (χ0) is 13.2. The lowest BCUT2D eigenvalue weighted by Crippen LogP contribution is -2.40. The van der Waals surface area contributed by atoms with Crippen LogP contribution in [0.3, 0.4) is 0 Å². The first-order chi connectivity index (χ1) is 7.84. The Morgan fingerprint density at radius 2 is 2.00 bits per heavy atom. The molecule has 1 atom stereocenters. The molecule has 0 aliphatic carbocycles. The van der Waals surface area contributed by atoms with Gasteiger partial charge in [-0.25, -0.2) is 9.78 Å². The Balaban J connectivity index is 2.85. The molecule has 17 heavy (non-hydrogen) atoms. The van der Waals surface area contributed by atoms with Crippen LogP contribution in [0.1, 0.15) is 42.2 Å². The monoisotopic (exact) mass is 256 g/mol. The van der Waals surface area contributed by atoms with Gasteiger partial charge >= 0.3 is 5.97 Å². The number of nitrogens with zero attached hydrogens (tertiary/aromatic N) is 2. The zero-order valence-corrected chi connectivity index (χ0v) is 11.1. The number of carboxylic acid groups (broad SMARTS) is 1. The number of thiazole rings is 1. The van der Waals surface area contributed by atoms with Crippen LogP contribution in [-0.4, -0.2) is 40.0 Å². The molecule has 1 rings (SSSR count). The van der Waals surface area contributed by atoms with Crippen LogP contribution in [0.4, 0.5) is 0 Å². The number of carbonyl (C=O) groups is 2. The van der Waals surface area contributed by atoms with Crippen molar-refractivity contribution < 1.29 is 14.7 Å². The average molecular weight is 256 g/mol. The summed E-state index contributed by atoms with van der Waals surface area (Å²) in [6.07, 6.45) is 0. The summed E-state index contributed by atoms with van der Waals surface area (Å²) >= 11 is 1.42. The maximum absolute atomic E-state index is 11.9. The summed E-state index contributed by atoms with van der Waals surface area (Å²) in [4.78, 5) is 28.1. The highest BCUT2D eigenvalue weighted by Gasteiger charge is 2.24. The number of carboxylic acids is 1. The second kappa shape index (κ2) is 5.27. The molecule has 0 saturated heterocycles. The summed E-state index contributed by atoms with van der Waals surface area (Å²) in [5.74, 6) is -1.12. The van der Waals surface area contributed by atoms with E-state index in [9.17, 15) is 9.59 Å². The minimum absolute atomic E-state index is 0.267. The number of rotatable bonds is 4. The molecule has 0 fully saturated rings. The lowest BCUT2D eigenvalue weighted by molar-refractivity contribution is -0.141. The largest absolute Gasteiger partial charge is 0.480 e. The summed E-state index contributed by atoms with van der Waals surface area (Å²) in [5, 5.41) is 11.4. The highest BCUT2D eigenvalue weighted by atomic mass is 32.1. The van der Waals surface area contributed by atoms with Gasteiger partial charge in [0.15, 0.2) is 0 Å². The smallest absolute Gasteiger partial charge is 0.326 e. The van der Waals surface area contributed by atoms with E-state index >= 15 is 0 Å². The molecule has 1 N–H and O–H groups in total. The van der Waals surface area contributed by atoms with Gasteiger partial charge in [-0.05, 0) is 6.92 Å². The van der Waals surface area contributed by atoms with Gasteiger partial charge in [-0.1, -0.05) is 13.8 Å². The number of hydrogen-bond donors (Lipinski definition) is 1. The number of aromatic nitrogens is 1. The molecule has 5 nitrogen and oxygen atoms in total. The van der Waals surface area contributed by atoms with E-state index in [2.05, 4.69) is 4.98 Å². The van der Waals surface area contributed by atoms with E-state index in [0.717, 1.165) is 5.01 Å². The average Bonchev–Trinajstić information content (AvgIpc) is 2.75. The third-order valence-corrected chi connectivity index (χ3v) is 3.64. The molecular formula is C11H16N2O3S. The SMILES string of the molecule is CC(C)c1nc(C(=O)N(C)C(C)C(=O)O)cs1. The van der Waals surface area contributed by atoms with E-state index < -0.39 is 12.0 Å². The van der Waals surface area contributed by atoms with Crippen molar-refractivity contribution in [3.8, 4) is 0 Å². The predicted octanol–water partition coefficient (Wildman–Crippen LogP) is 1.81. The van der Waals surface area contributed by atoms with Gasteiger partial charge in [0, 0.05) is 18.3 Å². The van der Waals surface area contributed by atoms with Crippen molar-refractivity contribution in [1.29, 1.82) is 0 Å². The van der Waals surface area contributed by atoms with E-state index in [1.165, 1.54) is 30.2 Å². The Kier molecular flexibility index (Phi) is 4.22. The minimum Gasteiger partial charge on any atom is -0.480 e. The maximum atomic E-state index is 11.9. The van der Waals surface area contributed by atoms with Gasteiger partial charge in [-0.3, -0.25) is 4.79 Å². The standard InChI is InChI=1S/C11H16N2O3S/c1-6(2)9-12-8(5-17-9)10(14)13(4)7(3)11(15)16/h5-7H,1-4H3,(H,15,16). The lowest BCUT2D eigenvalue weighted by atomic mass is 10.2. The molecule has 0 spiro atoms. The Morgan fingerprint density at radius 3 is 2.41 bits per heavy atom. The van der Waals surface area contributed by atoms with Crippen molar-refractivity contribution >= 4 is 23.2 Å². The van der Waals surface area contributed by atoms with Gasteiger partial charge in [0.2, 0.25) is 0 Å². The van der Waals surface area contributed by atoms with Crippen LogP contribution < -0.4 is 0 Å². The molecule has 1 aromatic heterocycles.